The SMILES string of the molecule is Cc1cccc([C@@H](C)OC(=O)Nc2c(-c3ccc(NC(=O)C(F)(F)F)cc3)nnn2C)c1. The minimum absolute atomic E-state index is 0.0409. The van der Waals surface area contributed by atoms with Crippen molar-refractivity contribution < 1.29 is 27.5 Å². The third-order valence-electron chi connectivity index (χ3n) is 4.52. The zero-order chi connectivity index (χ0) is 23.5. The zero-order valence-electron chi connectivity index (χ0n) is 17.4. The highest BCUT2D eigenvalue weighted by molar-refractivity contribution is 5.95. The van der Waals surface area contributed by atoms with Crippen LogP contribution in [0.3, 0.4) is 0 Å². The predicted molar refractivity (Wildman–Crippen MR) is 111 cm³/mol. The number of amides is 2. The van der Waals surface area contributed by atoms with Gasteiger partial charge in [0.05, 0.1) is 0 Å². The van der Waals surface area contributed by atoms with Crippen LogP contribution in [0.5, 0.6) is 0 Å². The summed E-state index contributed by atoms with van der Waals surface area (Å²) >= 11 is 0. The number of halogens is 3. The van der Waals surface area contributed by atoms with Crippen LogP contribution in [0.2, 0.25) is 0 Å². The lowest BCUT2D eigenvalue weighted by Crippen LogP contribution is -2.29. The minimum atomic E-state index is -4.99. The molecule has 2 N–H and O–H groups in total. The first kappa shape index (κ1) is 22.8. The first-order valence-corrected chi connectivity index (χ1v) is 9.47. The molecule has 3 rings (SSSR count). The number of nitrogens with zero attached hydrogens (tertiary/aromatic N) is 3. The van der Waals surface area contributed by atoms with Crippen LogP contribution in [0.25, 0.3) is 11.3 Å². The molecule has 0 saturated heterocycles. The highest BCUT2D eigenvalue weighted by Gasteiger charge is 2.38. The van der Waals surface area contributed by atoms with Crippen LogP contribution < -0.4 is 10.6 Å². The first-order valence-electron chi connectivity index (χ1n) is 9.47. The number of nitrogens with one attached hydrogen (secondary N) is 2. The van der Waals surface area contributed by atoms with E-state index in [2.05, 4.69) is 15.6 Å². The van der Waals surface area contributed by atoms with Gasteiger partial charge < -0.3 is 10.1 Å². The number of rotatable bonds is 5. The Balaban J connectivity index is 1.72. The van der Waals surface area contributed by atoms with Crippen molar-refractivity contribution in [2.45, 2.75) is 26.1 Å². The van der Waals surface area contributed by atoms with Crippen molar-refractivity contribution in [3.63, 3.8) is 0 Å². The van der Waals surface area contributed by atoms with Gasteiger partial charge in [-0.3, -0.25) is 10.1 Å². The van der Waals surface area contributed by atoms with E-state index in [0.29, 0.717) is 5.56 Å². The summed E-state index contributed by atoms with van der Waals surface area (Å²) in [6, 6.07) is 13.0. The first-order chi connectivity index (χ1) is 15.0. The number of benzene rings is 2. The highest BCUT2D eigenvalue weighted by atomic mass is 19.4. The fourth-order valence-electron chi connectivity index (χ4n) is 2.88. The molecule has 3 aromatic rings. The number of carbonyl (C=O) groups is 2. The van der Waals surface area contributed by atoms with Crippen molar-refractivity contribution in [2.24, 2.45) is 7.05 Å². The Hall–Kier alpha value is -3.89. The lowest BCUT2D eigenvalue weighted by Gasteiger charge is -2.15. The van der Waals surface area contributed by atoms with Gasteiger partial charge in [0.15, 0.2) is 5.82 Å². The van der Waals surface area contributed by atoms with E-state index in [9.17, 15) is 22.8 Å². The maximum atomic E-state index is 12.4. The molecule has 1 aromatic heterocycles. The monoisotopic (exact) mass is 447 g/mol. The van der Waals surface area contributed by atoms with E-state index in [1.54, 1.807) is 19.3 Å². The van der Waals surface area contributed by atoms with Gasteiger partial charge in [-0.05, 0) is 31.5 Å². The Morgan fingerprint density at radius 2 is 1.78 bits per heavy atom. The minimum Gasteiger partial charge on any atom is -0.441 e. The van der Waals surface area contributed by atoms with Gasteiger partial charge in [0.1, 0.15) is 11.8 Å². The summed E-state index contributed by atoms with van der Waals surface area (Å²) < 4.78 is 43.9. The van der Waals surface area contributed by atoms with E-state index in [1.165, 1.54) is 28.9 Å². The fraction of sp³-hybridized carbons (Fsp3) is 0.238. The largest absolute Gasteiger partial charge is 0.471 e. The molecule has 0 aliphatic heterocycles. The van der Waals surface area contributed by atoms with Crippen LogP contribution in [0, 0.1) is 6.92 Å². The maximum absolute atomic E-state index is 12.4. The zero-order valence-corrected chi connectivity index (χ0v) is 17.4. The third-order valence-corrected chi connectivity index (χ3v) is 4.52. The molecule has 1 atom stereocenters. The number of alkyl halides is 3. The molecule has 0 fully saturated rings. The molecule has 0 aliphatic rings. The molecule has 8 nitrogen and oxygen atoms in total. The number of aromatic nitrogens is 3. The summed E-state index contributed by atoms with van der Waals surface area (Å²) in [5.74, 6) is -1.84. The van der Waals surface area contributed by atoms with Crippen molar-refractivity contribution >= 4 is 23.5 Å². The van der Waals surface area contributed by atoms with Gasteiger partial charge in [-0.25, -0.2) is 9.48 Å². The second-order valence-electron chi connectivity index (χ2n) is 7.03. The number of carbonyl (C=O) groups excluding carboxylic acids is 2. The predicted octanol–water partition coefficient (Wildman–Crippen LogP) is 4.60. The Morgan fingerprint density at radius 1 is 1.09 bits per heavy atom. The molecule has 0 radical (unpaired) electrons. The van der Waals surface area contributed by atoms with Crippen LogP contribution >= 0.6 is 0 Å². The van der Waals surface area contributed by atoms with E-state index < -0.39 is 24.3 Å². The van der Waals surface area contributed by atoms with Crippen LogP contribution in [0.15, 0.2) is 48.5 Å². The van der Waals surface area contributed by atoms with Crippen LogP contribution in [-0.2, 0) is 16.6 Å². The van der Waals surface area contributed by atoms with Gasteiger partial charge in [0, 0.05) is 18.3 Å². The molecule has 0 bridgehead atoms. The number of ether oxygens (including phenoxy) is 1. The van der Waals surface area contributed by atoms with Gasteiger partial charge >= 0.3 is 18.2 Å². The molecule has 0 aliphatic carbocycles. The summed E-state index contributed by atoms with van der Waals surface area (Å²) in [5, 5.41) is 12.2. The normalized spacial score (nSPS) is 12.2. The van der Waals surface area contributed by atoms with E-state index in [0.717, 1.165) is 11.1 Å². The Labute approximate surface area is 181 Å². The summed E-state index contributed by atoms with van der Waals surface area (Å²) in [4.78, 5) is 23.5. The quantitative estimate of drug-likeness (QED) is 0.596. The molecule has 2 aromatic carbocycles. The van der Waals surface area contributed by atoms with Crippen LogP contribution in [0.4, 0.5) is 29.5 Å². The number of hydrogen-bond acceptors (Lipinski definition) is 5. The Bertz CT molecular complexity index is 1130. The molecule has 0 unspecified atom stereocenters. The van der Waals surface area contributed by atoms with Crippen molar-refractivity contribution in [1.29, 1.82) is 0 Å². The highest BCUT2D eigenvalue weighted by Crippen LogP contribution is 2.28. The second-order valence-corrected chi connectivity index (χ2v) is 7.03. The lowest BCUT2D eigenvalue weighted by atomic mass is 10.1. The van der Waals surface area contributed by atoms with Gasteiger partial charge in [0.2, 0.25) is 0 Å². The average Bonchev–Trinajstić information content (AvgIpc) is 3.08. The molecular formula is C21H20F3N5O3. The second kappa shape index (κ2) is 9.08. The molecule has 2 amide bonds. The van der Waals surface area contributed by atoms with Gasteiger partial charge in [-0.2, -0.15) is 13.2 Å². The molecule has 1 heterocycles. The van der Waals surface area contributed by atoms with E-state index in [1.807, 2.05) is 31.2 Å². The van der Waals surface area contributed by atoms with Gasteiger partial charge in [-0.1, -0.05) is 47.2 Å². The topological polar surface area (TPSA) is 98.1 Å². The van der Waals surface area contributed by atoms with Crippen molar-refractivity contribution in [1.82, 2.24) is 15.0 Å². The van der Waals surface area contributed by atoms with E-state index in [-0.39, 0.29) is 17.2 Å². The summed E-state index contributed by atoms with van der Waals surface area (Å²) in [7, 11) is 1.56. The smallest absolute Gasteiger partial charge is 0.441 e. The number of anilines is 2. The van der Waals surface area contributed by atoms with Crippen LogP contribution in [-0.4, -0.2) is 33.2 Å². The lowest BCUT2D eigenvalue weighted by molar-refractivity contribution is -0.167. The molecule has 11 heteroatoms. The Morgan fingerprint density at radius 3 is 2.41 bits per heavy atom. The summed E-state index contributed by atoms with van der Waals surface area (Å²) in [5.41, 5.74) is 2.57. The maximum Gasteiger partial charge on any atom is 0.471 e. The third kappa shape index (κ3) is 5.42. The molecule has 0 saturated carbocycles. The average molecular weight is 447 g/mol. The fourth-order valence-corrected chi connectivity index (χ4v) is 2.88. The van der Waals surface area contributed by atoms with Gasteiger partial charge in [-0.15, -0.1) is 5.10 Å². The van der Waals surface area contributed by atoms with Crippen LogP contribution in [0.1, 0.15) is 24.2 Å². The molecular weight excluding hydrogens is 427 g/mol. The molecule has 168 valence electrons. The van der Waals surface area contributed by atoms with E-state index in [4.69, 9.17) is 4.74 Å². The van der Waals surface area contributed by atoms with Gasteiger partial charge in [0.25, 0.3) is 0 Å². The van der Waals surface area contributed by atoms with Crippen molar-refractivity contribution in [2.75, 3.05) is 10.6 Å². The standard InChI is InChI=1S/C21H20F3N5O3/c1-12-5-4-6-15(11-12)13(2)32-20(31)26-18-17(27-28-29(18)3)14-7-9-16(10-8-14)25-19(30)21(22,23)24/h4-11,13H,1-3H3,(H,25,30)(H,26,31)/t13-/m1/s1. The summed E-state index contributed by atoms with van der Waals surface area (Å²) in [6.45, 7) is 3.68. The molecule has 0 spiro atoms. The number of aryl methyl sites for hydroxylation is 2. The van der Waals surface area contributed by atoms with E-state index >= 15 is 0 Å². The Kier molecular flexibility index (Phi) is 6.47. The number of hydrogen-bond donors (Lipinski definition) is 2. The van der Waals surface area contributed by atoms with Crippen molar-refractivity contribution in [3.05, 3.63) is 59.7 Å². The molecule has 32 heavy (non-hydrogen) atoms. The van der Waals surface area contributed by atoms with Crippen molar-refractivity contribution in [3.8, 4) is 11.3 Å². The summed E-state index contributed by atoms with van der Waals surface area (Å²) in [6.07, 6.45) is -6.22.